The van der Waals surface area contributed by atoms with Crippen molar-refractivity contribution in [3.63, 3.8) is 0 Å². The molecule has 0 aromatic heterocycles. The molecule has 0 amide bonds. The number of hydrogen-bond donors (Lipinski definition) is 1. The fourth-order valence-electron chi connectivity index (χ4n) is 8.39. The molecule has 0 radical (unpaired) electrons. The summed E-state index contributed by atoms with van der Waals surface area (Å²) in [5, 5.41) is 12.8. The lowest BCUT2D eigenvalue weighted by Gasteiger charge is -2.62. The number of hydrogen-bond acceptors (Lipinski definition) is 3. The van der Waals surface area contributed by atoms with Gasteiger partial charge in [-0.15, -0.1) is 0 Å². The second kappa shape index (κ2) is 8.52. The Labute approximate surface area is 199 Å². The number of benzene rings is 2. The van der Waals surface area contributed by atoms with E-state index in [1.807, 2.05) is 0 Å². The van der Waals surface area contributed by atoms with Gasteiger partial charge in [0.1, 0.15) is 5.60 Å². The number of rotatable bonds is 6. The van der Waals surface area contributed by atoms with Crippen molar-refractivity contribution in [3.05, 3.63) is 71.3 Å². The second-order valence-corrected chi connectivity index (χ2v) is 11.7. The first-order valence-electron chi connectivity index (χ1n) is 13.4. The Kier molecular flexibility index (Phi) is 5.63. The van der Waals surface area contributed by atoms with Crippen molar-refractivity contribution in [2.75, 3.05) is 32.7 Å². The van der Waals surface area contributed by atoms with Gasteiger partial charge in [0.25, 0.3) is 0 Å². The summed E-state index contributed by atoms with van der Waals surface area (Å²) in [6, 6.07) is 19.7. The highest BCUT2D eigenvalue weighted by Gasteiger charge is 2.61. The van der Waals surface area contributed by atoms with Crippen LogP contribution in [-0.2, 0) is 12.1 Å². The van der Waals surface area contributed by atoms with Gasteiger partial charge in [0.05, 0.1) is 0 Å². The Morgan fingerprint density at radius 1 is 0.758 bits per heavy atom. The molecule has 2 aromatic rings. The molecule has 33 heavy (non-hydrogen) atoms. The van der Waals surface area contributed by atoms with Crippen molar-refractivity contribution in [2.24, 2.45) is 23.2 Å². The average molecular weight is 445 g/mol. The van der Waals surface area contributed by atoms with E-state index in [2.05, 4.69) is 71.3 Å². The summed E-state index contributed by atoms with van der Waals surface area (Å²) in [5.74, 6) is 2.44. The predicted molar refractivity (Wildman–Crippen MR) is 134 cm³/mol. The van der Waals surface area contributed by atoms with Gasteiger partial charge in [-0.3, -0.25) is 4.90 Å². The third-order valence-electron chi connectivity index (χ3n) is 9.69. The SMILES string of the molecule is CCN1CCN(Cc2ccc(C(O)(c3ccccc3)C34CC5CC(CC(C5)C3)C4)cc2)CC1. The molecule has 2 aromatic carbocycles. The Morgan fingerprint density at radius 2 is 1.27 bits per heavy atom. The highest BCUT2D eigenvalue weighted by molar-refractivity contribution is 5.41. The number of nitrogens with zero attached hydrogens (tertiary/aromatic N) is 2. The quantitative estimate of drug-likeness (QED) is 0.657. The molecule has 4 saturated carbocycles. The third-order valence-corrected chi connectivity index (χ3v) is 9.69. The molecule has 1 aliphatic heterocycles. The summed E-state index contributed by atoms with van der Waals surface area (Å²) in [4.78, 5) is 5.11. The molecule has 1 saturated heterocycles. The van der Waals surface area contributed by atoms with Gasteiger partial charge >= 0.3 is 0 Å². The zero-order valence-corrected chi connectivity index (χ0v) is 20.3. The first kappa shape index (κ1) is 21.8. The molecule has 0 spiro atoms. The predicted octanol–water partition coefficient (Wildman–Crippen LogP) is 5.28. The van der Waals surface area contributed by atoms with E-state index < -0.39 is 5.60 Å². The molecular formula is C30H40N2O. The minimum atomic E-state index is -0.893. The summed E-state index contributed by atoms with van der Waals surface area (Å²) < 4.78 is 0. The smallest absolute Gasteiger partial charge is 0.120 e. The standard InChI is InChI=1S/C30H40N2O/c1-2-31-12-14-32(15-13-31)22-23-8-10-28(11-9-23)30(33,27-6-4-3-5-7-27)29-19-24-16-25(20-29)18-26(17-24)21-29/h3-11,24-26,33H,2,12-22H2,1H3. The molecule has 7 rings (SSSR count). The lowest BCUT2D eigenvalue weighted by Crippen LogP contribution is -2.57. The van der Waals surface area contributed by atoms with Gasteiger partial charge < -0.3 is 10.0 Å². The molecule has 176 valence electrons. The highest BCUT2D eigenvalue weighted by atomic mass is 16.3. The Balaban J connectivity index is 1.30. The summed E-state index contributed by atoms with van der Waals surface area (Å²) in [5.41, 5.74) is 2.66. The summed E-state index contributed by atoms with van der Waals surface area (Å²) in [7, 11) is 0. The van der Waals surface area contributed by atoms with Crippen molar-refractivity contribution in [2.45, 2.75) is 57.6 Å². The van der Waals surface area contributed by atoms with Gasteiger partial charge in [0.15, 0.2) is 0 Å². The van der Waals surface area contributed by atoms with Crippen LogP contribution in [0.15, 0.2) is 54.6 Å². The van der Waals surface area contributed by atoms with Crippen molar-refractivity contribution in [3.8, 4) is 0 Å². The van der Waals surface area contributed by atoms with Crippen LogP contribution in [0.1, 0.15) is 62.1 Å². The minimum Gasteiger partial charge on any atom is -0.380 e. The summed E-state index contributed by atoms with van der Waals surface area (Å²) >= 11 is 0. The van der Waals surface area contributed by atoms with Crippen LogP contribution in [0.3, 0.4) is 0 Å². The Hall–Kier alpha value is -1.68. The molecule has 4 bridgehead atoms. The Morgan fingerprint density at radius 3 is 1.82 bits per heavy atom. The second-order valence-electron chi connectivity index (χ2n) is 11.7. The van der Waals surface area contributed by atoms with Gasteiger partial charge in [-0.05, 0) is 79.5 Å². The van der Waals surface area contributed by atoms with Crippen LogP contribution >= 0.6 is 0 Å². The van der Waals surface area contributed by atoms with Crippen molar-refractivity contribution < 1.29 is 5.11 Å². The van der Waals surface area contributed by atoms with E-state index in [9.17, 15) is 5.11 Å². The van der Waals surface area contributed by atoms with E-state index in [-0.39, 0.29) is 5.41 Å². The molecule has 1 unspecified atom stereocenters. The first-order chi connectivity index (χ1) is 16.1. The average Bonchev–Trinajstić information content (AvgIpc) is 2.84. The van der Waals surface area contributed by atoms with E-state index in [0.717, 1.165) is 55.1 Å². The van der Waals surface area contributed by atoms with Crippen LogP contribution in [0.4, 0.5) is 0 Å². The number of likely N-dealkylation sites (N-methyl/N-ethyl adjacent to an activating group) is 1. The molecule has 5 fully saturated rings. The van der Waals surface area contributed by atoms with E-state index in [1.54, 1.807) is 0 Å². The van der Waals surface area contributed by atoms with Gasteiger partial charge in [-0.25, -0.2) is 0 Å². The normalized spacial score (nSPS) is 33.8. The van der Waals surface area contributed by atoms with E-state index >= 15 is 0 Å². The van der Waals surface area contributed by atoms with Gasteiger partial charge in [-0.1, -0.05) is 61.5 Å². The fourth-order valence-corrected chi connectivity index (χ4v) is 8.39. The number of aliphatic hydroxyl groups is 1. The van der Waals surface area contributed by atoms with Crippen LogP contribution < -0.4 is 0 Å². The molecule has 1 N–H and O–H groups in total. The Bertz CT molecular complexity index is 912. The molecular weight excluding hydrogens is 404 g/mol. The van der Waals surface area contributed by atoms with Gasteiger partial charge in [0, 0.05) is 38.1 Å². The maximum Gasteiger partial charge on any atom is 0.120 e. The maximum atomic E-state index is 12.8. The molecule has 3 nitrogen and oxygen atoms in total. The van der Waals surface area contributed by atoms with Crippen LogP contribution in [0.5, 0.6) is 0 Å². The summed E-state index contributed by atoms with van der Waals surface area (Å²) in [6.07, 6.45) is 7.76. The molecule has 1 heterocycles. The molecule has 3 heteroatoms. The topological polar surface area (TPSA) is 26.7 Å². The molecule has 1 atom stereocenters. The fraction of sp³-hybridized carbons (Fsp3) is 0.600. The number of piperazine rings is 1. The minimum absolute atomic E-state index is 0.0128. The lowest BCUT2D eigenvalue weighted by atomic mass is 9.44. The van der Waals surface area contributed by atoms with Crippen LogP contribution in [0.2, 0.25) is 0 Å². The zero-order chi connectivity index (χ0) is 22.5. The monoisotopic (exact) mass is 444 g/mol. The third kappa shape index (κ3) is 3.77. The molecule has 4 aliphatic carbocycles. The first-order valence-corrected chi connectivity index (χ1v) is 13.4. The van der Waals surface area contributed by atoms with Crippen molar-refractivity contribution in [1.82, 2.24) is 9.80 Å². The van der Waals surface area contributed by atoms with Crippen molar-refractivity contribution in [1.29, 1.82) is 0 Å². The van der Waals surface area contributed by atoms with E-state index in [4.69, 9.17) is 0 Å². The van der Waals surface area contributed by atoms with Crippen LogP contribution in [-0.4, -0.2) is 47.6 Å². The van der Waals surface area contributed by atoms with Crippen molar-refractivity contribution >= 4 is 0 Å². The van der Waals surface area contributed by atoms with Gasteiger partial charge in [0.2, 0.25) is 0 Å². The zero-order valence-electron chi connectivity index (χ0n) is 20.3. The summed E-state index contributed by atoms with van der Waals surface area (Å²) in [6.45, 7) is 9.08. The maximum absolute atomic E-state index is 12.8. The van der Waals surface area contributed by atoms with E-state index in [1.165, 1.54) is 57.2 Å². The van der Waals surface area contributed by atoms with Crippen LogP contribution in [0, 0.1) is 23.2 Å². The van der Waals surface area contributed by atoms with Crippen LogP contribution in [0.25, 0.3) is 0 Å². The van der Waals surface area contributed by atoms with Gasteiger partial charge in [-0.2, -0.15) is 0 Å². The molecule has 5 aliphatic rings. The lowest BCUT2D eigenvalue weighted by molar-refractivity contribution is -0.164. The largest absolute Gasteiger partial charge is 0.380 e. The highest BCUT2D eigenvalue weighted by Crippen LogP contribution is 2.67. The van der Waals surface area contributed by atoms with E-state index in [0.29, 0.717) is 0 Å².